The molecule has 33 heavy (non-hydrogen) atoms. The molecule has 1 aliphatic rings. The highest BCUT2D eigenvalue weighted by Crippen LogP contribution is 2.27. The molecule has 0 bridgehead atoms. The van der Waals surface area contributed by atoms with E-state index in [0.717, 1.165) is 0 Å². The fourth-order valence-electron chi connectivity index (χ4n) is 3.04. The largest absolute Gasteiger partial charge is 0.487 e. The molecule has 0 atom stereocenters. The molecule has 0 unspecified atom stereocenters. The Morgan fingerprint density at radius 1 is 1.30 bits per heavy atom. The summed E-state index contributed by atoms with van der Waals surface area (Å²) >= 11 is 0. The van der Waals surface area contributed by atoms with Gasteiger partial charge >= 0.3 is 0 Å². The van der Waals surface area contributed by atoms with Gasteiger partial charge in [-0.2, -0.15) is 15.3 Å². The predicted octanol–water partition coefficient (Wildman–Crippen LogP) is 2.76. The van der Waals surface area contributed by atoms with Crippen molar-refractivity contribution in [2.75, 3.05) is 0 Å². The second-order valence-corrected chi connectivity index (χ2v) is 8.60. The van der Waals surface area contributed by atoms with Crippen LogP contribution in [0.2, 0.25) is 0 Å². The van der Waals surface area contributed by atoms with Gasteiger partial charge in [0, 0.05) is 18.2 Å². The Labute approximate surface area is 189 Å². The summed E-state index contributed by atoms with van der Waals surface area (Å²) in [6, 6.07) is 8.03. The zero-order valence-corrected chi connectivity index (χ0v) is 18.3. The fraction of sp³-hybridized carbons (Fsp3) is 0.0909. The molecule has 4 rings (SSSR count). The van der Waals surface area contributed by atoms with Crippen molar-refractivity contribution < 1.29 is 17.7 Å². The van der Waals surface area contributed by atoms with E-state index in [4.69, 9.17) is 19.7 Å². The second kappa shape index (κ2) is 8.70. The van der Waals surface area contributed by atoms with E-state index in [1.165, 1.54) is 12.1 Å². The molecule has 0 saturated carbocycles. The van der Waals surface area contributed by atoms with Gasteiger partial charge in [0.15, 0.2) is 0 Å². The van der Waals surface area contributed by atoms with Gasteiger partial charge in [-0.1, -0.05) is 29.9 Å². The molecule has 1 aliphatic carbocycles. The topological polar surface area (TPSA) is 150 Å². The van der Waals surface area contributed by atoms with Crippen molar-refractivity contribution in [3.8, 4) is 28.9 Å². The smallest absolute Gasteiger partial charge is 0.261 e. The third kappa shape index (κ3) is 4.67. The zero-order chi connectivity index (χ0) is 23.6. The number of primary sulfonamides is 1. The first-order valence-corrected chi connectivity index (χ1v) is 11.1. The van der Waals surface area contributed by atoms with Gasteiger partial charge < -0.3 is 9.26 Å². The summed E-state index contributed by atoms with van der Waals surface area (Å²) < 4.78 is 36.2. The van der Waals surface area contributed by atoms with Crippen molar-refractivity contribution in [1.29, 1.82) is 5.26 Å². The van der Waals surface area contributed by atoms with Crippen molar-refractivity contribution in [1.82, 2.24) is 19.9 Å². The van der Waals surface area contributed by atoms with Crippen LogP contribution in [-0.2, 0) is 28.4 Å². The normalized spacial score (nSPS) is 13.8. The first kappa shape index (κ1) is 21.9. The number of hydrogen-bond acceptors (Lipinski definition) is 8. The number of rotatable bonds is 6. The highest BCUT2D eigenvalue weighted by Gasteiger charge is 2.20. The molecule has 2 N–H and O–H groups in total. The summed E-state index contributed by atoms with van der Waals surface area (Å²) in [7, 11) is -2.12. The van der Waals surface area contributed by atoms with Crippen LogP contribution in [0, 0.1) is 11.3 Å². The molecular weight excluding hydrogens is 444 g/mol. The van der Waals surface area contributed by atoms with E-state index in [1.807, 2.05) is 0 Å². The minimum atomic E-state index is -3.87. The number of nitriles is 1. The third-order valence-electron chi connectivity index (χ3n) is 4.83. The van der Waals surface area contributed by atoms with Gasteiger partial charge in [-0.3, -0.25) is 4.68 Å². The van der Waals surface area contributed by atoms with Gasteiger partial charge in [0.2, 0.25) is 15.8 Å². The van der Waals surface area contributed by atoms with E-state index in [9.17, 15) is 8.42 Å². The molecule has 10 nitrogen and oxygen atoms in total. The fourth-order valence-corrected chi connectivity index (χ4v) is 3.60. The summed E-state index contributed by atoms with van der Waals surface area (Å²) in [5.74, 6) is 0.901. The Bertz CT molecular complexity index is 1480. The van der Waals surface area contributed by atoms with Crippen LogP contribution in [0.1, 0.15) is 5.69 Å². The summed E-state index contributed by atoms with van der Waals surface area (Å²) in [6.45, 7) is 4.07. The van der Waals surface area contributed by atoms with Gasteiger partial charge in [0.25, 0.3) is 5.89 Å². The van der Waals surface area contributed by atoms with Crippen molar-refractivity contribution >= 4 is 10.0 Å². The Morgan fingerprint density at radius 3 is 2.88 bits per heavy atom. The number of aryl methyl sites for hydroxylation is 1. The summed E-state index contributed by atoms with van der Waals surface area (Å²) in [5, 5.41) is 22.5. The molecule has 0 aliphatic heterocycles. The summed E-state index contributed by atoms with van der Waals surface area (Å²) in [6.07, 6.45) is 8.27. The summed E-state index contributed by atoms with van der Waals surface area (Å²) in [5.41, 5.74) is 2.76. The summed E-state index contributed by atoms with van der Waals surface area (Å²) in [4.78, 5) is 4.33. The van der Waals surface area contributed by atoms with Crippen molar-refractivity contribution in [3.05, 3.63) is 83.9 Å². The van der Waals surface area contributed by atoms with Crippen LogP contribution >= 0.6 is 0 Å². The van der Waals surface area contributed by atoms with E-state index >= 15 is 0 Å². The van der Waals surface area contributed by atoms with Gasteiger partial charge in [0.05, 0.1) is 34.0 Å². The molecule has 166 valence electrons. The van der Waals surface area contributed by atoms with Gasteiger partial charge in [-0.25, -0.2) is 13.6 Å². The molecular formula is C22H18N6O4S. The lowest BCUT2D eigenvalue weighted by Crippen LogP contribution is -2.11. The first-order chi connectivity index (χ1) is 15.8. The van der Waals surface area contributed by atoms with E-state index in [-0.39, 0.29) is 23.2 Å². The zero-order valence-electron chi connectivity index (χ0n) is 17.5. The number of nitrogens with zero attached hydrogens (tertiary/aromatic N) is 5. The molecule has 1 aromatic carbocycles. The first-order valence-electron chi connectivity index (χ1n) is 9.56. The lowest BCUT2D eigenvalue weighted by molar-refractivity contribution is 0.201. The third-order valence-corrected chi connectivity index (χ3v) is 5.74. The maximum Gasteiger partial charge on any atom is 0.261 e. The number of ether oxygens (including phenoxy) is 1. The van der Waals surface area contributed by atoms with Crippen LogP contribution in [0.5, 0.6) is 0 Å². The molecule has 0 fully saturated rings. The molecule has 2 heterocycles. The van der Waals surface area contributed by atoms with E-state index in [0.29, 0.717) is 33.7 Å². The number of sulfonamides is 1. The average molecular weight is 462 g/mol. The van der Waals surface area contributed by atoms with Crippen LogP contribution in [-0.4, -0.2) is 28.3 Å². The molecule has 11 heteroatoms. The van der Waals surface area contributed by atoms with Gasteiger partial charge in [-0.05, 0) is 30.4 Å². The number of hydrogen-bond donors (Lipinski definition) is 1. The quantitative estimate of drug-likeness (QED) is 0.587. The van der Waals surface area contributed by atoms with Crippen LogP contribution in [0.3, 0.4) is 0 Å². The minimum Gasteiger partial charge on any atom is -0.487 e. The Kier molecular flexibility index (Phi) is 5.78. The van der Waals surface area contributed by atoms with Gasteiger partial charge in [-0.15, -0.1) is 0 Å². The van der Waals surface area contributed by atoms with Crippen molar-refractivity contribution in [3.63, 3.8) is 0 Å². The van der Waals surface area contributed by atoms with Crippen LogP contribution in [0.4, 0.5) is 0 Å². The number of allylic oxidation sites excluding steroid dienone is 5. The Morgan fingerprint density at radius 2 is 2.12 bits per heavy atom. The molecule has 0 amide bonds. The molecule has 0 saturated heterocycles. The Balaban J connectivity index is 1.60. The van der Waals surface area contributed by atoms with E-state index in [2.05, 4.69) is 27.9 Å². The lowest BCUT2D eigenvalue weighted by Gasteiger charge is -2.11. The maximum atomic E-state index is 11.6. The molecule has 3 aromatic rings. The number of nitrogens with two attached hydrogens (primary N) is 1. The van der Waals surface area contributed by atoms with Crippen LogP contribution < -0.4 is 5.14 Å². The minimum absolute atomic E-state index is 0.0543. The highest BCUT2D eigenvalue weighted by molar-refractivity contribution is 7.89. The molecule has 0 spiro atoms. The van der Waals surface area contributed by atoms with Crippen LogP contribution in [0.15, 0.2) is 87.7 Å². The van der Waals surface area contributed by atoms with E-state index < -0.39 is 10.0 Å². The van der Waals surface area contributed by atoms with Crippen LogP contribution in [0.25, 0.3) is 22.8 Å². The highest BCUT2D eigenvalue weighted by atomic mass is 32.2. The average Bonchev–Trinajstić information content (AvgIpc) is 3.37. The SMILES string of the molecule is C=C1C=CC(C#N)=CC=C1OCc1c(-c2nc(-c3cccc(S(N)(=O)=O)c3)no2)cnn1C. The second-order valence-electron chi connectivity index (χ2n) is 7.04. The Hall–Kier alpha value is -4.27. The van der Waals surface area contributed by atoms with Crippen molar-refractivity contribution in [2.45, 2.75) is 11.5 Å². The number of aromatic nitrogens is 4. The van der Waals surface area contributed by atoms with Crippen molar-refractivity contribution in [2.24, 2.45) is 12.2 Å². The van der Waals surface area contributed by atoms with E-state index in [1.54, 1.807) is 54.4 Å². The monoisotopic (exact) mass is 462 g/mol. The standard InChI is InChI=1S/C22H18N6O4S/c1-14-6-7-15(11-23)8-9-20(14)31-13-19-18(12-25-28(19)2)22-26-21(27-32-22)16-4-3-5-17(10-16)33(24,29)30/h3-10,12H,1,13H2,2H3,(H2,24,29,30). The van der Waals surface area contributed by atoms with Gasteiger partial charge in [0.1, 0.15) is 12.4 Å². The predicted molar refractivity (Wildman–Crippen MR) is 118 cm³/mol. The lowest BCUT2D eigenvalue weighted by atomic mass is 10.2. The molecule has 2 aromatic heterocycles. The molecule has 0 radical (unpaired) electrons. The number of benzene rings is 1. The maximum absolute atomic E-state index is 11.6.